The number of hydrogen-bond donors (Lipinski definition) is 2. The van der Waals surface area contributed by atoms with E-state index in [-0.39, 0.29) is 5.56 Å². The van der Waals surface area contributed by atoms with Crippen LogP contribution in [0.25, 0.3) is 0 Å². The predicted molar refractivity (Wildman–Crippen MR) is 73.4 cm³/mol. The molecule has 0 spiro atoms. The molecule has 0 aliphatic carbocycles. The Bertz CT molecular complexity index is 601. The van der Waals surface area contributed by atoms with Crippen molar-refractivity contribution in [3.05, 3.63) is 53.1 Å². The van der Waals surface area contributed by atoms with Gasteiger partial charge < -0.3 is 10.8 Å². The monoisotopic (exact) mass is 279 g/mol. The lowest BCUT2D eigenvalue weighted by molar-refractivity contribution is 0.0693. The van der Waals surface area contributed by atoms with Crippen molar-refractivity contribution in [2.24, 2.45) is 0 Å². The van der Waals surface area contributed by atoms with Crippen LogP contribution in [0.3, 0.4) is 0 Å². The minimum Gasteiger partial charge on any atom is -0.478 e. The minimum atomic E-state index is -1.01. The average Bonchev–Trinajstić information content (AvgIpc) is 2.34. The molecule has 0 amide bonds. The van der Waals surface area contributed by atoms with Crippen molar-refractivity contribution in [1.82, 2.24) is 0 Å². The summed E-state index contributed by atoms with van der Waals surface area (Å²) in [5.74, 6) is -1.01. The third kappa shape index (κ3) is 2.78. The zero-order valence-electron chi connectivity index (χ0n) is 9.26. The quantitative estimate of drug-likeness (QED) is 0.840. The number of hydrogen-bond acceptors (Lipinski definition) is 3. The number of carbonyl (C=O) groups is 1. The first-order chi connectivity index (χ1) is 8.58. The fourth-order valence-electron chi connectivity index (χ4n) is 1.45. The maximum Gasteiger partial charge on any atom is 0.336 e. The summed E-state index contributed by atoms with van der Waals surface area (Å²) in [6.07, 6.45) is 0. The summed E-state index contributed by atoms with van der Waals surface area (Å²) in [5, 5.41) is 9.53. The van der Waals surface area contributed by atoms with Crippen LogP contribution in [0.2, 0.25) is 5.02 Å². The van der Waals surface area contributed by atoms with Gasteiger partial charge in [0, 0.05) is 20.5 Å². The Morgan fingerprint density at radius 3 is 2.56 bits per heavy atom. The van der Waals surface area contributed by atoms with Gasteiger partial charge in [-0.1, -0.05) is 35.5 Å². The number of halogens is 1. The van der Waals surface area contributed by atoms with Crippen molar-refractivity contribution in [1.29, 1.82) is 0 Å². The lowest BCUT2D eigenvalue weighted by Crippen LogP contribution is -1.99. The van der Waals surface area contributed by atoms with E-state index in [1.807, 2.05) is 18.2 Å². The van der Waals surface area contributed by atoms with Gasteiger partial charge >= 0.3 is 5.97 Å². The van der Waals surface area contributed by atoms with Gasteiger partial charge in [0.1, 0.15) is 0 Å². The third-order valence-electron chi connectivity index (χ3n) is 2.31. The number of benzene rings is 2. The van der Waals surface area contributed by atoms with Gasteiger partial charge in [-0.3, -0.25) is 0 Å². The van der Waals surface area contributed by atoms with E-state index in [0.717, 1.165) is 4.90 Å². The van der Waals surface area contributed by atoms with Crippen LogP contribution >= 0.6 is 23.4 Å². The molecule has 2 aromatic rings. The second-order valence-electron chi connectivity index (χ2n) is 3.59. The molecule has 0 radical (unpaired) electrons. The van der Waals surface area contributed by atoms with Gasteiger partial charge in [0.05, 0.1) is 5.56 Å². The van der Waals surface area contributed by atoms with Crippen LogP contribution in [0, 0.1) is 0 Å². The lowest BCUT2D eigenvalue weighted by Gasteiger charge is -2.08. The zero-order chi connectivity index (χ0) is 13.1. The van der Waals surface area contributed by atoms with E-state index in [4.69, 9.17) is 22.4 Å². The van der Waals surface area contributed by atoms with Gasteiger partial charge in [0.25, 0.3) is 0 Å². The fraction of sp³-hybridized carbons (Fsp3) is 0. The van der Waals surface area contributed by atoms with E-state index in [9.17, 15) is 4.79 Å². The predicted octanol–water partition coefficient (Wildman–Crippen LogP) is 3.77. The zero-order valence-corrected chi connectivity index (χ0v) is 10.8. The molecule has 2 aromatic carbocycles. The lowest BCUT2D eigenvalue weighted by atomic mass is 10.2. The van der Waals surface area contributed by atoms with Gasteiger partial charge in [-0.25, -0.2) is 4.79 Å². The molecule has 0 saturated carbocycles. The van der Waals surface area contributed by atoms with E-state index in [1.54, 1.807) is 18.2 Å². The molecule has 92 valence electrons. The van der Waals surface area contributed by atoms with Crippen molar-refractivity contribution in [2.75, 3.05) is 5.73 Å². The van der Waals surface area contributed by atoms with Crippen LogP contribution in [0.4, 0.5) is 5.69 Å². The molecule has 5 heteroatoms. The molecule has 0 aliphatic rings. The number of para-hydroxylation sites is 1. The Hall–Kier alpha value is -1.65. The normalized spacial score (nSPS) is 10.3. The van der Waals surface area contributed by atoms with Gasteiger partial charge in [-0.2, -0.15) is 0 Å². The Balaban J connectivity index is 2.41. The number of carboxylic acids is 1. The molecular weight excluding hydrogens is 270 g/mol. The first kappa shape index (κ1) is 12.8. The molecule has 0 heterocycles. The summed E-state index contributed by atoms with van der Waals surface area (Å²) < 4.78 is 0. The second-order valence-corrected chi connectivity index (χ2v) is 5.11. The highest BCUT2D eigenvalue weighted by molar-refractivity contribution is 7.99. The number of carboxylic acid groups (broad SMARTS) is 1. The molecule has 0 aromatic heterocycles. The number of nitrogen functional groups attached to an aromatic ring is 1. The van der Waals surface area contributed by atoms with E-state index in [2.05, 4.69) is 0 Å². The highest BCUT2D eigenvalue weighted by atomic mass is 35.5. The van der Waals surface area contributed by atoms with Crippen LogP contribution in [-0.4, -0.2) is 11.1 Å². The summed E-state index contributed by atoms with van der Waals surface area (Å²) in [4.78, 5) is 12.6. The highest BCUT2D eigenvalue weighted by Crippen LogP contribution is 2.34. The molecule has 0 unspecified atom stereocenters. The molecular formula is C13H10ClNO2S. The number of nitrogens with two attached hydrogens (primary N) is 1. The fourth-order valence-corrected chi connectivity index (χ4v) is 2.58. The first-order valence-electron chi connectivity index (χ1n) is 5.13. The second kappa shape index (κ2) is 5.33. The summed E-state index contributed by atoms with van der Waals surface area (Å²) >= 11 is 7.11. The van der Waals surface area contributed by atoms with E-state index < -0.39 is 5.97 Å². The number of rotatable bonds is 3. The molecule has 0 aliphatic heterocycles. The van der Waals surface area contributed by atoms with Crippen molar-refractivity contribution in [3.8, 4) is 0 Å². The smallest absolute Gasteiger partial charge is 0.336 e. The van der Waals surface area contributed by atoms with Crippen LogP contribution in [0.1, 0.15) is 10.4 Å². The van der Waals surface area contributed by atoms with Crippen molar-refractivity contribution in [3.63, 3.8) is 0 Å². The summed E-state index contributed by atoms with van der Waals surface area (Å²) in [6.45, 7) is 0. The largest absolute Gasteiger partial charge is 0.478 e. The van der Waals surface area contributed by atoms with E-state index in [0.29, 0.717) is 15.6 Å². The van der Waals surface area contributed by atoms with Gasteiger partial charge in [0.15, 0.2) is 0 Å². The maximum absolute atomic E-state index is 11.1. The Morgan fingerprint density at radius 1 is 1.17 bits per heavy atom. The minimum absolute atomic E-state index is 0.177. The van der Waals surface area contributed by atoms with Crippen LogP contribution in [0.15, 0.2) is 52.3 Å². The SMILES string of the molecule is Nc1ccccc1Sc1ccc(Cl)cc1C(=O)O. The summed E-state index contributed by atoms with van der Waals surface area (Å²) in [5.41, 5.74) is 6.63. The maximum atomic E-state index is 11.1. The van der Waals surface area contributed by atoms with Gasteiger partial charge in [0.2, 0.25) is 0 Å². The Kier molecular flexibility index (Phi) is 3.79. The van der Waals surface area contributed by atoms with Crippen LogP contribution in [0.5, 0.6) is 0 Å². The first-order valence-corrected chi connectivity index (χ1v) is 6.32. The summed E-state index contributed by atoms with van der Waals surface area (Å²) in [7, 11) is 0. The molecule has 0 fully saturated rings. The number of anilines is 1. The van der Waals surface area contributed by atoms with Crippen LogP contribution < -0.4 is 5.73 Å². The molecule has 3 nitrogen and oxygen atoms in total. The molecule has 0 atom stereocenters. The van der Waals surface area contributed by atoms with E-state index >= 15 is 0 Å². The molecule has 2 rings (SSSR count). The molecule has 3 N–H and O–H groups in total. The number of aromatic carboxylic acids is 1. The average molecular weight is 280 g/mol. The topological polar surface area (TPSA) is 63.3 Å². The van der Waals surface area contributed by atoms with Crippen LogP contribution in [-0.2, 0) is 0 Å². The van der Waals surface area contributed by atoms with Crippen molar-refractivity contribution in [2.45, 2.75) is 9.79 Å². The molecule has 0 saturated heterocycles. The molecule has 18 heavy (non-hydrogen) atoms. The Morgan fingerprint density at radius 2 is 1.89 bits per heavy atom. The van der Waals surface area contributed by atoms with Gasteiger partial charge in [-0.15, -0.1) is 0 Å². The van der Waals surface area contributed by atoms with E-state index in [1.165, 1.54) is 17.8 Å². The van der Waals surface area contributed by atoms with Crippen molar-refractivity contribution >= 4 is 35.0 Å². The highest BCUT2D eigenvalue weighted by Gasteiger charge is 2.12. The summed E-state index contributed by atoms with van der Waals surface area (Å²) in [6, 6.07) is 12.1. The van der Waals surface area contributed by atoms with Gasteiger partial charge in [-0.05, 0) is 30.3 Å². The standard InChI is InChI=1S/C13H10ClNO2S/c14-8-5-6-11(9(7-8)13(16)17)18-12-4-2-1-3-10(12)15/h1-7H,15H2,(H,16,17). The molecule has 0 bridgehead atoms. The Labute approximate surface area is 114 Å². The van der Waals surface area contributed by atoms with Crippen molar-refractivity contribution < 1.29 is 9.90 Å². The third-order valence-corrected chi connectivity index (χ3v) is 3.71.